The molecule has 12 nitrogen and oxygen atoms in total. The fourth-order valence-corrected chi connectivity index (χ4v) is 4.32. The molecule has 2 amide bonds. The first-order valence-electron chi connectivity index (χ1n) is 13.7. The van der Waals surface area contributed by atoms with Crippen LogP contribution in [0.2, 0.25) is 5.02 Å². The Kier molecular flexibility index (Phi) is 12.6. The second kappa shape index (κ2) is 16.1. The number of rotatable bonds is 2. The molecule has 2 aliphatic heterocycles. The second-order valence-electron chi connectivity index (χ2n) is 9.96. The monoisotopic (exact) mass is 691 g/mol. The van der Waals surface area contributed by atoms with Crippen molar-refractivity contribution in [2.75, 3.05) is 29.0 Å². The number of fused-ring (bicyclic) bond motifs is 6. The van der Waals surface area contributed by atoms with Crippen LogP contribution in [0.5, 0.6) is 0 Å². The van der Waals surface area contributed by atoms with E-state index < -0.39 is 24.3 Å². The molecular formula is C28H28ClF6N7O5. The number of piperidine rings is 1. The van der Waals surface area contributed by atoms with Gasteiger partial charge in [0, 0.05) is 29.6 Å². The van der Waals surface area contributed by atoms with Gasteiger partial charge in [0.1, 0.15) is 5.02 Å². The molecule has 1 unspecified atom stereocenters. The predicted octanol–water partition coefficient (Wildman–Crippen LogP) is 5.86. The van der Waals surface area contributed by atoms with E-state index in [-0.39, 0.29) is 12.1 Å². The summed E-state index contributed by atoms with van der Waals surface area (Å²) in [4.78, 5) is 39.3. The number of carbonyl (C=O) groups is 3. The Labute approximate surface area is 267 Å². The largest absolute Gasteiger partial charge is 0.490 e. The maximum absolute atomic E-state index is 12.7. The fraction of sp³-hybridized carbons (Fsp3) is 0.321. The summed E-state index contributed by atoms with van der Waals surface area (Å²) in [5.41, 5.74) is 4.74. The zero-order valence-corrected chi connectivity index (χ0v) is 24.9. The van der Waals surface area contributed by atoms with Crippen molar-refractivity contribution in [3.63, 3.8) is 0 Å². The summed E-state index contributed by atoms with van der Waals surface area (Å²) >= 11 is 6.34. The fourth-order valence-electron chi connectivity index (χ4n) is 4.18. The minimum Gasteiger partial charge on any atom is -0.475 e. The van der Waals surface area contributed by atoms with E-state index in [1.165, 1.54) is 5.56 Å². The van der Waals surface area contributed by atoms with Crippen molar-refractivity contribution in [3.8, 4) is 0 Å². The number of amides is 2. The maximum Gasteiger partial charge on any atom is 0.490 e. The first kappa shape index (κ1) is 36.6. The van der Waals surface area contributed by atoms with Crippen LogP contribution in [0.3, 0.4) is 0 Å². The highest BCUT2D eigenvalue weighted by molar-refractivity contribution is 6.32. The lowest BCUT2D eigenvalue weighted by atomic mass is 10.0. The number of carboxylic acids is 2. The molecule has 6 bridgehead atoms. The Morgan fingerprint density at radius 1 is 0.915 bits per heavy atom. The van der Waals surface area contributed by atoms with Crippen LogP contribution in [-0.4, -0.2) is 69.6 Å². The number of alkyl halides is 6. The van der Waals surface area contributed by atoms with Crippen molar-refractivity contribution >= 4 is 58.4 Å². The molecule has 254 valence electrons. The minimum atomic E-state index is -5.08. The third kappa shape index (κ3) is 12.1. The smallest absolute Gasteiger partial charge is 0.475 e. The number of nitrogens with one attached hydrogen (secondary N) is 5. The number of nitrogens with zero attached hydrogens (tertiary/aromatic N) is 2. The molecule has 2 aromatic carbocycles. The van der Waals surface area contributed by atoms with Crippen molar-refractivity contribution in [2.24, 2.45) is 0 Å². The van der Waals surface area contributed by atoms with E-state index in [4.69, 9.17) is 31.4 Å². The highest BCUT2D eigenvalue weighted by Gasteiger charge is 2.38. The van der Waals surface area contributed by atoms with Crippen LogP contribution in [0.1, 0.15) is 24.0 Å². The molecule has 0 spiro atoms. The van der Waals surface area contributed by atoms with Crippen LogP contribution < -0.4 is 26.6 Å². The molecule has 1 atom stereocenters. The number of carbonyl (C=O) groups excluding carboxylic acids is 1. The Bertz CT molecular complexity index is 1550. The summed E-state index contributed by atoms with van der Waals surface area (Å²) in [7, 11) is 0. The van der Waals surface area contributed by atoms with Gasteiger partial charge in [0.25, 0.3) is 0 Å². The normalized spacial score (nSPS) is 15.5. The second-order valence-corrected chi connectivity index (χ2v) is 10.4. The first-order chi connectivity index (χ1) is 22.0. The van der Waals surface area contributed by atoms with Crippen LogP contribution in [0, 0.1) is 0 Å². The molecule has 1 aromatic heterocycles. The standard InChI is InChI=1S/C24H26ClN7O.2C2HF3O2/c25-20-14-27-23-29-17-4-1-3-15(11-17)6-7-16-12-18(28-22(20)32-23)8-9-21(16)31-24(33)30-19-5-2-10-26-13-19;2*3-2(4,5)1(6)7/h1,3-4,8-9,11-12,14,19,26H,2,5-7,10,13H2,(H2,30,31,33)(H2,27,28,29,32);2*(H,6,7). The number of carboxylic acid groups (broad SMARTS) is 2. The molecule has 0 aliphatic carbocycles. The van der Waals surface area contributed by atoms with Gasteiger partial charge in [-0.15, -0.1) is 0 Å². The summed E-state index contributed by atoms with van der Waals surface area (Å²) < 4.78 is 63.5. The lowest BCUT2D eigenvalue weighted by Crippen LogP contribution is -2.47. The van der Waals surface area contributed by atoms with E-state index in [1.54, 1.807) is 6.20 Å². The number of benzene rings is 2. The van der Waals surface area contributed by atoms with Gasteiger partial charge in [-0.1, -0.05) is 23.7 Å². The molecule has 1 saturated heterocycles. The van der Waals surface area contributed by atoms with Crippen LogP contribution in [0.15, 0.2) is 48.7 Å². The van der Waals surface area contributed by atoms with Gasteiger partial charge in [-0.25, -0.2) is 19.4 Å². The first-order valence-corrected chi connectivity index (χ1v) is 14.1. The van der Waals surface area contributed by atoms with Crippen molar-refractivity contribution in [1.82, 2.24) is 20.6 Å². The van der Waals surface area contributed by atoms with Gasteiger partial charge < -0.3 is 36.8 Å². The summed E-state index contributed by atoms with van der Waals surface area (Å²) in [6.07, 6.45) is -4.96. The van der Waals surface area contributed by atoms with E-state index in [1.807, 2.05) is 30.3 Å². The predicted molar refractivity (Wildman–Crippen MR) is 159 cm³/mol. The molecule has 7 N–H and O–H groups in total. The third-order valence-electron chi connectivity index (χ3n) is 6.34. The number of aromatic nitrogens is 2. The molecular weight excluding hydrogens is 664 g/mol. The molecule has 3 heterocycles. The lowest BCUT2D eigenvalue weighted by Gasteiger charge is -2.24. The Morgan fingerprint density at radius 2 is 1.57 bits per heavy atom. The van der Waals surface area contributed by atoms with E-state index >= 15 is 0 Å². The van der Waals surface area contributed by atoms with Crippen LogP contribution in [0.4, 0.5) is 60.0 Å². The van der Waals surface area contributed by atoms with Crippen molar-refractivity contribution in [3.05, 3.63) is 64.8 Å². The number of urea groups is 1. The Balaban J connectivity index is 0.000000360. The molecule has 1 fully saturated rings. The molecule has 0 saturated carbocycles. The van der Waals surface area contributed by atoms with E-state index in [0.29, 0.717) is 16.8 Å². The number of anilines is 5. The highest BCUT2D eigenvalue weighted by atomic mass is 35.5. The molecule has 5 rings (SSSR count). The number of halogens is 7. The van der Waals surface area contributed by atoms with Gasteiger partial charge in [-0.05, 0) is 73.7 Å². The molecule has 3 aromatic rings. The number of hydrogen-bond acceptors (Lipinski definition) is 8. The van der Waals surface area contributed by atoms with Crippen molar-refractivity contribution in [2.45, 2.75) is 44.1 Å². The number of hydrogen-bond donors (Lipinski definition) is 7. The van der Waals surface area contributed by atoms with E-state index in [0.717, 1.165) is 61.4 Å². The summed E-state index contributed by atoms with van der Waals surface area (Å²) in [6.45, 7) is 1.81. The quantitative estimate of drug-likeness (QED) is 0.161. The van der Waals surface area contributed by atoms with E-state index in [2.05, 4.69) is 48.7 Å². The molecule has 19 heteroatoms. The van der Waals surface area contributed by atoms with Gasteiger partial charge in [0.05, 0.1) is 6.20 Å². The Hall–Kier alpha value is -4.84. The van der Waals surface area contributed by atoms with Crippen LogP contribution in [0.25, 0.3) is 0 Å². The molecule has 47 heavy (non-hydrogen) atoms. The highest BCUT2D eigenvalue weighted by Crippen LogP contribution is 2.29. The Morgan fingerprint density at radius 3 is 2.19 bits per heavy atom. The summed E-state index contributed by atoms with van der Waals surface area (Å²) in [6, 6.07) is 14.0. The van der Waals surface area contributed by atoms with Gasteiger partial charge in [0.2, 0.25) is 5.95 Å². The van der Waals surface area contributed by atoms with Crippen molar-refractivity contribution < 1.29 is 50.9 Å². The average Bonchev–Trinajstić information content (AvgIpc) is 2.99. The SMILES string of the molecule is O=C(Nc1ccc2cc1CCc1cccc(c1)Nc1ncc(Cl)c(n1)N2)NC1CCCNC1.O=C(O)C(F)(F)F.O=C(O)C(F)(F)F. The lowest BCUT2D eigenvalue weighted by molar-refractivity contribution is -0.193. The minimum absolute atomic E-state index is 0.147. The maximum atomic E-state index is 12.7. The molecule has 0 radical (unpaired) electrons. The van der Waals surface area contributed by atoms with Gasteiger partial charge in [-0.2, -0.15) is 31.3 Å². The number of aryl methyl sites for hydroxylation is 2. The number of aliphatic carboxylic acids is 2. The summed E-state index contributed by atoms with van der Waals surface area (Å²) in [5.74, 6) is -4.54. The van der Waals surface area contributed by atoms with Gasteiger partial charge >= 0.3 is 30.3 Å². The third-order valence-corrected chi connectivity index (χ3v) is 6.62. The molecule has 2 aliphatic rings. The van der Waals surface area contributed by atoms with Crippen LogP contribution >= 0.6 is 11.6 Å². The average molecular weight is 692 g/mol. The van der Waals surface area contributed by atoms with Crippen molar-refractivity contribution in [1.29, 1.82) is 0 Å². The topological polar surface area (TPSA) is 178 Å². The van der Waals surface area contributed by atoms with Gasteiger partial charge in [-0.3, -0.25) is 0 Å². The van der Waals surface area contributed by atoms with Crippen LogP contribution in [-0.2, 0) is 22.4 Å². The van der Waals surface area contributed by atoms with Gasteiger partial charge in [0.15, 0.2) is 5.82 Å². The summed E-state index contributed by atoms with van der Waals surface area (Å²) in [5, 5.41) is 30.6. The van der Waals surface area contributed by atoms with E-state index in [9.17, 15) is 31.1 Å². The zero-order valence-electron chi connectivity index (χ0n) is 24.1. The zero-order chi connectivity index (χ0) is 34.8.